The quantitative estimate of drug-likeness (QED) is 0.812. The first kappa shape index (κ1) is 14.6. The van der Waals surface area contributed by atoms with E-state index in [4.69, 9.17) is 22.1 Å². The molecule has 2 rings (SSSR count). The van der Waals surface area contributed by atoms with E-state index in [1.54, 1.807) is 7.11 Å². The molecule has 1 saturated carbocycles. The zero-order chi connectivity index (χ0) is 14.1. The molecule has 106 valence electrons. The zero-order valence-corrected chi connectivity index (χ0v) is 12.2. The van der Waals surface area contributed by atoms with Crippen molar-refractivity contribution in [3.8, 4) is 0 Å². The Morgan fingerprint density at radius 3 is 2.63 bits per heavy atom. The van der Waals surface area contributed by atoms with Crippen molar-refractivity contribution in [2.45, 2.75) is 29.8 Å². The van der Waals surface area contributed by atoms with Crippen molar-refractivity contribution >= 4 is 27.3 Å². The van der Waals surface area contributed by atoms with Gasteiger partial charge in [0.2, 0.25) is 10.0 Å². The lowest BCUT2D eigenvalue weighted by Gasteiger charge is -2.40. The van der Waals surface area contributed by atoms with Gasteiger partial charge in [-0.3, -0.25) is 0 Å². The summed E-state index contributed by atoms with van der Waals surface area (Å²) in [6.45, 7) is 0.272. The molecule has 7 heteroatoms. The highest BCUT2D eigenvalue weighted by molar-refractivity contribution is 7.89. The first-order valence-electron chi connectivity index (χ1n) is 5.98. The minimum atomic E-state index is -3.59. The highest BCUT2D eigenvalue weighted by Crippen LogP contribution is 2.34. The van der Waals surface area contributed by atoms with Crippen molar-refractivity contribution in [1.29, 1.82) is 0 Å². The van der Waals surface area contributed by atoms with Gasteiger partial charge in [-0.15, -0.1) is 0 Å². The van der Waals surface area contributed by atoms with E-state index in [0.717, 1.165) is 19.3 Å². The number of rotatable bonds is 5. The summed E-state index contributed by atoms with van der Waals surface area (Å²) < 4.78 is 32.2. The van der Waals surface area contributed by atoms with Gasteiger partial charge in [-0.05, 0) is 37.5 Å². The second kappa shape index (κ2) is 5.28. The topological polar surface area (TPSA) is 81.4 Å². The average molecular weight is 305 g/mol. The third kappa shape index (κ3) is 3.02. The molecule has 3 N–H and O–H groups in total. The molecule has 0 heterocycles. The van der Waals surface area contributed by atoms with Crippen LogP contribution in [0.25, 0.3) is 0 Å². The van der Waals surface area contributed by atoms with Crippen molar-refractivity contribution in [3.05, 3.63) is 23.2 Å². The molecule has 0 atom stereocenters. The lowest BCUT2D eigenvalue weighted by atomic mass is 9.80. The number of nitrogen functional groups attached to an aromatic ring is 1. The number of nitrogens with one attached hydrogen (secondary N) is 1. The number of methoxy groups -OCH3 is 1. The first-order valence-corrected chi connectivity index (χ1v) is 7.84. The van der Waals surface area contributed by atoms with E-state index in [2.05, 4.69) is 4.72 Å². The summed E-state index contributed by atoms with van der Waals surface area (Å²) in [7, 11) is -1.98. The highest BCUT2D eigenvalue weighted by Gasteiger charge is 2.38. The van der Waals surface area contributed by atoms with Crippen LogP contribution < -0.4 is 10.5 Å². The third-order valence-corrected chi connectivity index (χ3v) is 5.29. The van der Waals surface area contributed by atoms with Gasteiger partial charge >= 0.3 is 0 Å². The summed E-state index contributed by atoms with van der Waals surface area (Å²) in [4.78, 5) is 0.109. The molecule has 0 aliphatic heterocycles. The van der Waals surface area contributed by atoms with Crippen LogP contribution in [0, 0.1) is 0 Å². The fourth-order valence-corrected chi connectivity index (χ4v) is 3.39. The number of hydrogen-bond acceptors (Lipinski definition) is 4. The van der Waals surface area contributed by atoms with Gasteiger partial charge in [0, 0.05) is 13.7 Å². The van der Waals surface area contributed by atoms with Crippen LogP contribution in [-0.4, -0.2) is 27.7 Å². The van der Waals surface area contributed by atoms with Crippen LogP contribution in [0.2, 0.25) is 5.02 Å². The summed E-state index contributed by atoms with van der Waals surface area (Å²) in [6, 6.07) is 4.26. The molecular formula is C12H17ClN2O3S. The number of sulfonamides is 1. The monoisotopic (exact) mass is 304 g/mol. The fraction of sp³-hybridized carbons (Fsp3) is 0.500. The summed E-state index contributed by atoms with van der Waals surface area (Å²) in [5.41, 5.74) is 5.56. The highest BCUT2D eigenvalue weighted by atomic mass is 35.5. The molecule has 5 nitrogen and oxygen atoms in total. The molecule has 0 radical (unpaired) electrons. The third-order valence-electron chi connectivity index (χ3n) is 3.56. The Labute approximate surface area is 118 Å². The van der Waals surface area contributed by atoms with Gasteiger partial charge in [0.05, 0.1) is 21.2 Å². The van der Waals surface area contributed by atoms with Crippen LogP contribution >= 0.6 is 11.6 Å². The van der Waals surface area contributed by atoms with Gasteiger partial charge in [0.25, 0.3) is 0 Å². The van der Waals surface area contributed by atoms with E-state index in [1.807, 2.05) is 0 Å². The molecular weight excluding hydrogens is 288 g/mol. The Bertz CT molecular complexity index is 565. The molecule has 19 heavy (non-hydrogen) atoms. The molecule has 0 amide bonds. The number of anilines is 1. The normalized spacial score (nSPS) is 18.0. The smallest absolute Gasteiger partial charge is 0.240 e. The van der Waals surface area contributed by atoms with E-state index >= 15 is 0 Å². The van der Waals surface area contributed by atoms with Crippen LogP contribution in [-0.2, 0) is 14.8 Å². The molecule has 1 fully saturated rings. The second-order valence-corrected chi connectivity index (χ2v) is 6.92. The molecule has 0 unspecified atom stereocenters. The molecule has 0 saturated heterocycles. The van der Waals surface area contributed by atoms with Gasteiger partial charge < -0.3 is 10.5 Å². The predicted molar refractivity (Wildman–Crippen MR) is 74.6 cm³/mol. The standard InChI is InChI=1S/C12H17ClN2O3S/c1-18-12(5-2-6-12)8-15-19(16,17)9-3-4-11(14)10(13)7-9/h3-4,7,15H,2,5-6,8,14H2,1H3. The van der Waals surface area contributed by atoms with E-state index < -0.39 is 10.0 Å². The molecule has 1 aromatic rings. The van der Waals surface area contributed by atoms with Crippen LogP contribution in [0.5, 0.6) is 0 Å². The number of nitrogens with two attached hydrogens (primary N) is 1. The van der Waals surface area contributed by atoms with Crippen LogP contribution in [0.15, 0.2) is 23.1 Å². The minimum absolute atomic E-state index is 0.109. The molecule has 1 aliphatic rings. The van der Waals surface area contributed by atoms with Crippen molar-refractivity contribution in [3.63, 3.8) is 0 Å². The van der Waals surface area contributed by atoms with E-state index in [-0.39, 0.29) is 22.1 Å². The van der Waals surface area contributed by atoms with Crippen molar-refractivity contribution in [2.24, 2.45) is 0 Å². The van der Waals surface area contributed by atoms with E-state index in [1.165, 1.54) is 18.2 Å². The lowest BCUT2D eigenvalue weighted by Crippen LogP contribution is -2.49. The van der Waals surface area contributed by atoms with Gasteiger partial charge in [0.1, 0.15) is 0 Å². The number of benzene rings is 1. The Morgan fingerprint density at radius 1 is 1.47 bits per heavy atom. The zero-order valence-electron chi connectivity index (χ0n) is 10.6. The Kier molecular flexibility index (Phi) is 4.06. The van der Waals surface area contributed by atoms with Gasteiger partial charge in [-0.1, -0.05) is 11.6 Å². The maximum atomic E-state index is 12.1. The summed E-state index contributed by atoms with van der Waals surface area (Å²) in [5.74, 6) is 0. The second-order valence-electron chi connectivity index (χ2n) is 4.75. The Morgan fingerprint density at radius 2 is 2.16 bits per heavy atom. The Hall–Kier alpha value is -0.820. The number of halogens is 1. The van der Waals surface area contributed by atoms with Crippen molar-refractivity contribution in [2.75, 3.05) is 19.4 Å². The van der Waals surface area contributed by atoms with Crippen LogP contribution in [0.3, 0.4) is 0 Å². The SMILES string of the molecule is COC1(CNS(=O)(=O)c2ccc(N)c(Cl)c2)CCC1. The molecule has 0 bridgehead atoms. The molecule has 1 aliphatic carbocycles. The minimum Gasteiger partial charge on any atom is -0.398 e. The number of hydrogen-bond donors (Lipinski definition) is 2. The summed E-state index contributed by atoms with van der Waals surface area (Å²) in [6.07, 6.45) is 2.80. The largest absolute Gasteiger partial charge is 0.398 e. The van der Waals surface area contributed by atoms with Crippen LogP contribution in [0.4, 0.5) is 5.69 Å². The van der Waals surface area contributed by atoms with Crippen LogP contribution in [0.1, 0.15) is 19.3 Å². The molecule has 0 aromatic heterocycles. The Balaban J connectivity index is 2.11. The number of ether oxygens (including phenoxy) is 1. The maximum Gasteiger partial charge on any atom is 0.240 e. The van der Waals surface area contributed by atoms with Gasteiger partial charge in [-0.25, -0.2) is 13.1 Å². The van der Waals surface area contributed by atoms with Crippen molar-refractivity contribution in [1.82, 2.24) is 4.72 Å². The average Bonchev–Trinajstić information content (AvgIpc) is 2.31. The van der Waals surface area contributed by atoms with E-state index in [0.29, 0.717) is 5.69 Å². The molecule has 0 spiro atoms. The van der Waals surface area contributed by atoms with Gasteiger partial charge in [-0.2, -0.15) is 0 Å². The predicted octanol–water partition coefficient (Wildman–Crippen LogP) is 1.77. The molecule has 1 aromatic carbocycles. The summed E-state index contributed by atoms with van der Waals surface area (Å²) >= 11 is 5.83. The van der Waals surface area contributed by atoms with E-state index in [9.17, 15) is 8.42 Å². The maximum absolute atomic E-state index is 12.1. The first-order chi connectivity index (χ1) is 8.88. The van der Waals surface area contributed by atoms with Crippen molar-refractivity contribution < 1.29 is 13.2 Å². The fourth-order valence-electron chi connectivity index (χ4n) is 2.01. The summed E-state index contributed by atoms with van der Waals surface area (Å²) in [5, 5.41) is 0.230. The lowest BCUT2D eigenvalue weighted by molar-refractivity contribution is -0.0659. The van der Waals surface area contributed by atoms with Gasteiger partial charge in [0.15, 0.2) is 0 Å².